The molecule has 0 aromatic carbocycles. The highest BCUT2D eigenvalue weighted by molar-refractivity contribution is 5.55. The van der Waals surface area contributed by atoms with E-state index < -0.39 is 0 Å². The molecular formula is C14H23N3O2. The van der Waals surface area contributed by atoms with E-state index in [0.29, 0.717) is 30.2 Å². The second kappa shape index (κ2) is 6.10. The Labute approximate surface area is 114 Å². The molecule has 106 valence electrons. The summed E-state index contributed by atoms with van der Waals surface area (Å²) in [5, 5.41) is 0. The van der Waals surface area contributed by atoms with Crippen molar-refractivity contribution in [2.75, 3.05) is 37.4 Å². The zero-order valence-electron chi connectivity index (χ0n) is 11.9. The molecule has 0 bridgehead atoms. The molecule has 1 aliphatic heterocycles. The lowest BCUT2D eigenvalue weighted by Gasteiger charge is -2.19. The number of hydrogen-bond donors (Lipinski definition) is 1. The molecule has 0 radical (unpaired) electrons. The zero-order chi connectivity index (χ0) is 13.8. The number of nitrogen functional groups attached to an aromatic ring is 1. The van der Waals surface area contributed by atoms with Crippen LogP contribution in [0.4, 0.5) is 11.5 Å². The van der Waals surface area contributed by atoms with Crippen LogP contribution in [0.5, 0.6) is 5.88 Å². The number of rotatable bonds is 5. The van der Waals surface area contributed by atoms with E-state index in [0.717, 1.165) is 25.3 Å². The van der Waals surface area contributed by atoms with Gasteiger partial charge in [0, 0.05) is 20.2 Å². The number of pyridine rings is 1. The quantitative estimate of drug-likeness (QED) is 0.881. The smallest absolute Gasteiger partial charge is 0.239 e. The monoisotopic (exact) mass is 265 g/mol. The van der Waals surface area contributed by atoms with E-state index in [1.165, 1.54) is 0 Å². The van der Waals surface area contributed by atoms with Crippen LogP contribution in [-0.2, 0) is 4.74 Å². The summed E-state index contributed by atoms with van der Waals surface area (Å²) in [5.74, 6) is 1.90. The number of aromatic nitrogens is 1. The van der Waals surface area contributed by atoms with Crippen molar-refractivity contribution >= 4 is 11.5 Å². The molecule has 0 aliphatic carbocycles. The molecule has 1 fully saturated rings. The van der Waals surface area contributed by atoms with Crippen molar-refractivity contribution < 1.29 is 9.47 Å². The van der Waals surface area contributed by atoms with Crippen molar-refractivity contribution in [1.29, 1.82) is 0 Å². The van der Waals surface area contributed by atoms with Crippen LogP contribution in [0.15, 0.2) is 12.1 Å². The fraction of sp³-hybridized carbons (Fsp3) is 0.643. The first-order valence-electron chi connectivity index (χ1n) is 6.77. The van der Waals surface area contributed by atoms with Crippen LogP contribution >= 0.6 is 0 Å². The number of nitrogens with zero attached hydrogens (tertiary/aromatic N) is 2. The Morgan fingerprint density at radius 2 is 2.26 bits per heavy atom. The Morgan fingerprint density at radius 1 is 1.47 bits per heavy atom. The molecule has 0 saturated carbocycles. The summed E-state index contributed by atoms with van der Waals surface area (Å²) in [5.41, 5.74) is 6.49. The largest absolute Gasteiger partial charge is 0.476 e. The van der Waals surface area contributed by atoms with Gasteiger partial charge in [-0.3, -0.25) is 0 Å². The lowest BCUT2D eigenvalue weighted by atomic mass is 10.2. The second-order valence-electron chi connectivity index (χ2n) is 5.36. The number of hydrogen-bond acceptors (Lipinski definition) is 5. The number of nitrogens with two attached hydrogens (primary N) is 1. The maximum absolute atomic E-state index is 5.90. The lowest BCUT2D eigenvalue weighted by molar-refractivity contribution is 0.121. The van der Waals surface area contributed by atoms with E-state index in [4.69, 9.17) is 15.2 Å². The molecule has 1 atom stereocenters. The van der Waals surface area contributed by atoms with Gasteiger partial charge in [0.05, 0.1) is 18.4 Å². The minimum absolute atomic E-state index is 0.291. The number of ether oxygens (including phenoxy) is 2. The number of methoxy groups -OCH3 is 1. The van der Waals surface area contributed by atoms with Gasteiger partial charge in [-0.25, -0.2) is 0 Å². The third kappa shape index (κ3) is 3.50. The Kier molecular flexibility index (Phi) is 4.47. The fourth-order valence-corrected chi connectivity index (χ4v) is 2.11. The molecule has 5 nitrogen and oxygen atoms in total. The van der Waals surface area contributed by atoms with Crippen molar-refractivity contribution in [3.8, 4) is 5.88 Å². The summed E-state index contributed by atoms with van der Waals surface area (Å²) in [6.45, 7) is 6.66. The predicted octanol–water partition coefficient (Wildman–Crippen LogP) is 1.92. The average molecular weight is 265 g/mol. The molecule has 1 aromatic rings. The molecule has 2 N–H and O–H groups in total. The van der Waals surface area contributed by atoms with Gasteiger partial charge < -0.3 is 20.1 Å². The van der Waals surface area contributed by atoms with Crippen molar-refractivity contribution in [1.82, 2.24) is 4.98 Å². The third-order valence-electron chi connectivity index (χ3n) is 3.23. The summed E-state index contributed by atoms with van der Waals surface area (Å²) in [4.78, 5) is 6.72. The molecule has 5 heteroatoms. The van der Waals surface area contributed by atoms with Gasteiger partial charge in [0.2, 0.25) is 5.88 Å². The minimum atomic E-state index is 0.291. The topological polar surface area (TPSA) is 60.6 Å². The highest BCUT2D eigenvalue weighted by Crippen LogP contribution is 2.26. The van der Waals surface area contributed by atoms with E-state index in [9.17, 15) is 0 Å². The average Bonchev–Trinajstić information content (AvgIpc) is 2.86. The Bertz CT molecular complexity index is 423. The van der Waals surface area contributed by atoms with Gasteiger partial charge in [0.15, 0.2) is 0 Å². The van der Waals surface area contributed by atoms with E-state index in [1.807, 2.05) is 12.1 Å². The van der Waals surface area contributed by atoms with Crippen LogP contribution in [0.25, 0.3) is 0 Å². The van der Waals surface area contributed by atoms with Crippen LogP contribution in [0.3, 0.4) is 0 Å². The Morgan fingerprint density at radius 3 is 2.89 bits per heavy atom. The molecule has 19 heavy (non-hydrogen) atoms. The summed E-state index contributed by atoms with van der Waals surface area (Å²) in [7, 11) is 1.75. The molecule has 0 amide bonds. The predicted molar refractivity (Wildman–Crippen MR) is 76.6 cm³/mol. The second-order valence-corrected chi connectivity index (χ2v) is 5.36. The SMILES string of the molecule is COC1CCN(c2ccc(N)c(OCC(C)C)n2)C1. The van der Waals surface area contributed by atoms with Crippen LogP contribution in [-0.4, -0.2) is 37.9 Å². The first-order chi connectivity index (χ1) is 9.10. The molecule has 1 aliphatic rings. The molecule has 1 aromatic heterocycles. The number of anilines is 2. The Hall–Kier alpha value is -1.49. The molecule has 1 saturated heterocycles. The highest BCUT2D eigenvalue weighted by atomic mass is 16.5. The van der Waals surface area contributed by atoms with Gasteiger partial charge in [-0.15, -0.1) is 0 Å². The van der Waals surface area contributed by atoms with Gasteiger partial charge in [0.1, 0.15) is 5.82 Å². The van der Waals surface area contributed by atoms with Gasteiger partial charge in [-0.1, -0.05) is 13.8 Å². The van der Waals surface area contributed by atoms with Gasteiger partial charge in [-0.05, 0) is 24.5 Å². The Balaban J connectivity index is 2.08. The first kappa shape index (κ1) is 13.9. The van der Waals surface area contributed by atoms with Crippen LogP contribution < -0.4 is 15.4 Å². The van der Waals surface area contributed by atoms with Crippen LogP contribution in [0.2, 0.25) is 0 Å². The maximum atomic E-state index is 5.90. The maximum Gasteiger partial charge on any atom is 0.239 e. The van der Waals surface area contributed by atoms with Crippen molar-refractivity contribution in [2.45, 2.75) is 26.4 Å². The normalized spacial score (nSPS) is 19.2. The van der Waals surface area contributed by atoms with E-state index in [2.05, 4.69) is 23.7 Å². The van der Waals surface area contributed by atoms with E-state index in [1.54, 1.807) is 7.11 Å². The van der Waals surface area contributed by atoms with Crippen molar-refractivity contribution in [2.24, 2.45) is 5.92 Å². The molecular weight excluding hydrogens is 242 g/mol. The third-order valence-corrected chi connectivity index (χ3v) is 3.23. The van der Waals surface area contributed by atoms with Crippen LogP contribution in [0.1, 0.15) is 20.3 Å². The lowest BCUT2D eigenvalue weighted by Crippen LogP contribution is -2.23. The van der Waals surface area contributed by atoms with Gasteiger partial charge >= 0.3 is 0 Å². The molecule has 1 unspecified atom stereocenters. The van der Waals surface area contributed by atoms with E-state index in [-0.39, 0.29) is 0 Å². The van der Waals surface area contributed by atoms with Crippen molar-refractivity contribution in [3.05, 3.63) is 12.1 Å². The minimum Gasteiger partial charge on any atom is -0.476 e. The summed E-state index contributed by atoms with van der Waals surface area (Å²) in [6.07, 6.45) is 1.32. The fourth-order valence-electron chi connectivity index (χ4n) is 2.11. The molecule has 2 rings (SSSR count). The zero-order valence-corrected chi connectivity index (χ0v) is 11.9. The van der Waals surface area contributed by atoms with Crippen molar-refractivity contribution in [3.63, 3.8) is 0 Å². The highest BCUT2D eigenvalue weighted by Gasteiger charge is 2.23. The molecule has 0 spiro atoms. The summed E-state index contributed by atoms with van der Waals surface area (Å²) < 4.78 is 11.0. The molecule has 2 heterocycles. The van der Waals surface area contributed by atoms with Crippen LogP contribution in [0, 0.1) is 5.92 Å². The first-order valence-corrected chi connectivity index (χ1v) is 6.77. The standard InChI is InChI=1S/C14H23N3O2/c1-10(2)9-19-14-12(15)4-5-13(16-14)17-7-6-11(8-17)18-3/h4-5,10-11H,6-9,15H2,1-3H3. The van der Waals surface area contributed by atoms with E-state index >= 15 is 0 Å². The summed E-state index contributed by atoms with van der Waals surface area (Å²) >= 11 is 0. The van der Waals surface area contributed by atoms with Gasteiger partial charge in [0.25, 0.3) is 0 Å². The summed E-state index contributed by atoms with van der Waals surface area (Å²) in [6, 6.07) is 3.80. The van der Waals surface area contributed by atoms with Gasteiger partial charge in [-0.2, -0.15) is 4.98 Å².